The third-order valence-corrected chi connectivity index (χ3v) is 6.03. The number of pyridine rings is 1. The van der Waals surface area contributed by atoms with E-state index in [4.69, 9.17) is 4.98 Å². The lowest BCUT2D eigenvalue weighted by Gasteiger charge is -2.32. The van der Waals surface area contributed by atoms with Crippen LogP contribution in [-0.4, -0.2) is 38.8 Å². The summed E-state index contributed by atoms with van der Waals surface area (Å²) in [5, 5.41) is 0. The molecule has 2 aromatic heterocycles. The first-order valence-electron chi connectivity index (χ1n) is 10.5. The summed E-state index contributed by atoms with van der Waals surface area (Å²) in [4.78, 5) is 28.4. The van der Waals surface area contributed by atoms with E-state index < -0.39 is 0 Å². The van der Waals surface area contributed by atoms with Gasteiger partial charge in [0, 0.05) is 54.6 Å². The fraction of sp³-hybridized carbons (Fsp3) is 0.333. The number of aromatic nitrogens is 3. The topological polar surface area (TPSA) is 59.0 Å². The van der Waals surface area contributed by atoms with Crippen LogP contribution in [0.4, 0.5) is 4.39 Å². The smallest absolute Gasteiger partial charge is 0.253 e. The standard InChI is InChI=1S/C24H23FN4O/c25-20-5-3-19(4-6-20)24(30)29-13-9-17(10-14-29)22-21(16-7-11-26-12-8-16)15-27-23(28-22)18-1-2-18/h3-8,11-12,15,17-18H,1-2,9-10,13-14H2. The number of carbonyl (C=O) groups is 1. The number of nitrogens with zero attached hydrogens (tertiary/aromatic N) is 4. The Morgan fingerprint density at radius 3 is 2.30 bits per heavy atom. The molecule has 0 radical (unpaired) electrons. The molecular formula is C24H23FN4O. The molecule has 5 nitrogen and oxygen atoms in total. The van der Waals surface area contributed by atoms with Gasteiger partial charge in [0.05, 0.1) is 5.69 Å². The highest BCUT2D eigenvalue weighted by Crippen LogP contribution is 2.40. The van der Waals surface area contributed by atoms with Crippen LogP contribution in [-0.2, 0) is 0 Å². The molecule has 1 saturated carbocycles. The van der Waals surface area contributed by atoms with Gasteiger partial charge in [0.2, 0.25) is 0 Å². The second-order valence-corrected chi connectivity index (χ2v) is 8.11. The number of piperidine rings is 1. The van der Waals surface area contributed by atoms with Crippen LogP contribution in [0.3, 0.4) is 0 Å². The zero-order valence-electron chi connectivity index (χ0n) is 16.7. The van der Waals surface area contributed by atoms with E-state index in [1.807, 2.05) is 23.2 Å². The van der Waals surface area contributed by atoms with Crippen LogP contribution >= 0.6 is 0 Å². The fourth-order valence-electron chi connectivity index (χ4n) is 4.14. The molecule has 1 saturated heterocycles. The van der Waals surface area contributed by atoms with E-state index in [0.717, 1.165) is 35.5 Å². The molecule has 6 heteroatoms. The number of amides is 1. The SMILES string of the molecule is O=C(c1ccc(F)cc1)N1CCC(c2nc(C3CC3)ncc2-c2ccncc2)CC1. The van der Waals surface area contributed by atoms with Crippen LogP contribution in [0.2, 0.25) is 0 Å². The lowest BCUT2D eigenvalue weighted by atomic mass is 9.88. The Bertz CT molecular complexity index is 1040. The molecule has 2 aliphatic rings. The van der Waals surface area contributed by atoms with Gasteiger partial charge in [-0.05, 0) is 67.6 Å². The number of rotatable bonds is 4. The van der Waals surface area contributed by atoms with Crippen molar-refractivity contribution in [3.63, 3.8) is 0 Å². The van der Waals surface area contributed by atoms with Crippen LogP contribution in [0.5, 0.6) is 0 Å². The number of likely N-dealkylation sites (tertiary alicyclic amines) is 1. The third-order valence-electron chi connectivity index (χ3n) is 6.03. The zero-order valence-corrected chi connectivity index (χ0v) is 16.7. The molecule has 3 aromatic rings. The predicted octanol–water partition coefficient (Wildman–Crippen LogP) is 4.57. The molecule has 2 fully saturated rings. The van der Waals surface area contributed by atoms with Gasteiger partial charge >= 0.3 is 0 Å². The summed E-state index contributed by atoms with van der Waals surface area (Å²) in [6.07, 6.45) is 9.58. The Morgan fingerprint density at radius 2 is 1.63 bits per heavy atom. The quantitative estimate of drug-likeness (QED) is 0.641. The normalized spacial score (nSPS) is 17.2. The highest BCUT2D eigenvalue weighted by Gasteiger charge is 2.31. The minimum Gasteiger partial charge on any atom is -0.339 e. The molecule has 30 heavy (non-hydrogen) atoms. The molecule has 0 N–H and O–H groups in total. The van der Waals surface area contributed by atoms with E-state index in [2.05, 4.69) is 9.97 Å². The summed E-state index contributed by atoms with van der Waals surface area (Å²) in [7, 11) is 0. The summed E-state index contributed by atoms with van der Waals surface area (Å²) in [6.45, 7) is 1.33. The van der Waals surface area contributed by atoms with Crippen molar-refractivity contribution in [1.82, 2.24) is 19.9 Å². The van der Waals surface area contributed by atoms with E-state index in [0.29, 0.717) is 24.6 Å². The summed E-state index contributed by atoms with van der Waals surface area (Å²) in [6, 6.07) is 9.76. The van der Waals surface area contributed by atoms with E-state index in [1.165, 1.54) is 25.0 Å². The maximum Gasteiger partial charge on any atom is 0.253 e. The molecule has 0 unspecified atom stereocenters. The molecule has 152 valence electrons. The summed E-state index contributed by atoms with van der Waals surface area (Å²) in [5.74, 6) is 1.36. The van der Waals surface area contributed by atoms with Gasteiger partial charge in [-0.1, -0.05) is 0 Å². The van der Waals surface area contributed by atoms with Crippen molar-refractivity contribution >= 4 is 5.91 Å². The maximum absolute atomic E-state index is 13.2. The Hall–Kier alpha value is -3.15. The molecule has 1 aliphatic carbocycles. The van der Waals surface area contributed by atoms with Crippen LogP contribution < -0.4 is 0 Å². The average Bonchev–Trinajstić information content (AvgIpc) is 3.65. The van der Waals surface area contributed by atoms with Crippen molar-refractivity contribution in [3.05, 3.63) is 77.9 Å². The largest absolute Gasteiger partial charge is 0.339 e. The summed E-state index contributed by atoms with van der Waals surface area (Å²) < 4.78 is 13.2. The van der Waals surface area contributed by atoms with Gasteiger partial charge in [-0.3, -0.25) is 9.78 Å². The first-order valence-corrected chi connectivity index (χ1v) is 10.5. The van der Waals surface area contributed by atoms with Crippen LogP contribution in [0, 0.1) is 5.82 Å². The molecule has 0 spiro atoms. The number of hydrogen-bond acceptors (Lipinski definition) is 4. The Morgan fingerprint density at radius 1 is 0.933 bits per heavy atom. The monoisotopic (exact) mass is 402 g/mol. The number of hydrogen-bond donors (Lipinski definition) is 0. The van der Waals surface area contributed by atoms with Crippen molar-refractivity contribution < 1.29 is 9.18 Å². The Labute approximate surface area is 175 Å². The number of carbonyl (C=O) groups excluding carboxylic acids is 1. The highest BCUT2D eigenvalue weighted by molar-refractivity contribution is 5.94. The van der Waals surface area contributed by atoms with Gasteiger partial charge in [-0.15, -0.1) is 0 Å². The van der Waals surface area contributed by atoms with E-state index >= 15 is 0 Å². The van der Waals surface area contributed by atoms with Crippen LogP contribution in [0.25, 0.3) is 11.1 Å². The van der Waals surface area contributed by atoms with Crippen molar-refractivity contribution in [3.8, 4) is 11.1 Å². The van der Waals surface area contributed by atoms with Crippen molar-refractivity contribution in [2.75, 3.05) is 13.1 Å². The van der Waals surface area contributed by atoms with Gasteiger partial charge in [-0.2, -0.15) is 0 Å². The molecule has 1 aliphatic heterocycles. The van der Waals surface area contributed by atoms with Crippen molar-refractivity contribution in [2.24, 2.45) is 0 Å². The van der Waals surface area contributed by atoms with Gasteiger partial charge in [0.25, 0.3) is 5.91 Å². The highest BCUT2D eigenvalue weighted by atomic mass is 19.1. The van der Waals surface area contributed by atoms with E-state index in [1.54, 1.807) is 24.5 Å². The number of halogens is 1. The first kappa shape index (κ1) is 18.9. The lowest BCUT2D eigenvalue weighted by molar-refractivity contribution is 0.0712. The third kappa shape index (κ3) is 3.82. The van der Waals surface area contributed by atoms with Crippen molar-refractivity contribution in [2.45, 2.75) is 37.5 Å². The fourth-order valence-corrected chi connectivity index (χ4v) is 4.14. The van der Waals surface area contributed by atoms with Gasteiger partial charge in [0.15, 0.2) is 0 Å². The van der Waals surface area contributed by atoms with Crippen LogP contribution in [0.15, 0.2) is 55.0 Å². The first-order chi connectivity index (χ1) is 14.7. The predicted molar refractivity (Wildman–Crippen MR) is 112 cm³/mol. The van der Waals surface area contributed by atoms with E-state index in [-0.39, 0.29) is 17.6 Å². The second-order valence-electron chi connectivity index (χ2n) is 8.11. The van der Waals surface area contributed by atoms with Crippen molar-refractivity contribution in [1.29, 1.82) is 0 Å². The van der Waals surface area contributed by atoms with Gasteiger partial charge < -0.3 is 4.90 Å². The van der Waals surface area contributed by atoms with Gasteiger partial charge in [-0.25, -0.2) is 14.4 Å². The Kier molecular flexibility index (Phi) is 4.99. The summed E-state index contributed by atoms with van der Waals surface area (Å²) in [5.41, 5.74) is 3.76. The molecule has 5 rings (SSSR count). The minimum absolute atomic E-state index is 0.0378. The average molecular weight is 402 g/mol. The second kappa shape index (κ2) is 7.94. The molecule has 3 heterocycles. The molecule has 1 aromatic carbocycles. The van der Waals surface area contributed by atoms with E-state index in [9.17, 15) is 9.18 Å². The molecular weight excluding hydrogens is 379 g/mol. The zero-order chi connectivity index (χ0) is 20.5. The minimum atomic E-state index is -0.330. The molecule has 0 bridgehead atoms. The van der Waals surface area contributed by atoms with Gasteiger partial charge in [0.1, 0.15) is 11.6 Å². The summed E-state index contributed by atoms with van der Waals surface area (Å²) >= 11 is 0. The molecule has 1 amide bonds. The Balaban J connectivity index is 1.37. The maximum atomic E-state index is 13.2. The number of benzene rings is 1. The van der Waals surface area contributed by atoms with Crippen LogP contribution in [0.1, 0.15) is 59.4 Å². The molecule has 0 atom stereocenters. The lowest BCUT2D eigenvalue weighted by Crippen LogP contribution is -2.38.